The fraction of sp³-hybridized carbons (Fsp3) is 0.312. The summed E-state index contributed by atoms with van der Waals surface area (Å²) in [5.74, 6) is -1.66. The third kappa shape index (κ3) is 5.60. The number of methoxy groups -OCH3 is 1. The highest BCUT2D eigenvalue weighted by Gasteiger charge is 2.20. The van der Waals surface area contributed by atoms with Gasteiger partial charge in [-0.25, -0.2) is 0 Å². The van der Waals surface area contributed by atoms with Gasteiger partial charge >= 0.3 is 5.97 Å². The van der Waals surface area contributed by atoms with Gasteiger partial charge in [0.2, 0.25) is 5.91 Å². The quantitative estimate of drug-likeness (QED) is 0.641. The Hall–Kier alpha value is -2.43. The molecule has 5 heteroatoms. The first-order valence-corrected chi connectivity index (χ1v) is 6.59. The predicted molar refractivity (Wildman–Crippen MR) is 79.0 cm³/mol. The Bertz CT molecular complexity index is 549. The molecule has 112 valence electrons. The molecular formula is C16H19NO4. The zero-order valence-corrected chi connectivity index (χ0v) is 12.4. The van der Waals surface area contributed by atoms with Gasteiger partial charge in [-0.2, -0.15) is 0 Å². The summed E-state index contributed by atoms with van der Waals surface area (Å²) >= 11 is 0. The summed E-state index contributed by atoms with van der Waals surface area (Å²) in [6.45, 7) is 2.94. The van der Waals surface area contributed by atoms with E-state index in [0.717, 1.165) is 5.56 Å². The molecule has 1 amide bonds. The fourth-order valence-electron chi connectivity index (χ4n) is 1.76. The van der Waals surface area contributed by atoms with Gasteiger partial charge in [-0.1, -0.05) is 37.3 Å². The van der Waals surface area contributed by atoms with E-state index in [-0.39, 0.29) is 23.8 Å². The van der Waals surface area contributed by atoms with Gasteiger partial charge in [-0.05, 0) is 11.6 Å². The first kappa shape index (κ1) is 16.6. The number of esters is 1. The smallest absolute Gasteiger partial charge is 0.308 e. The number of rotatable bonds is 6. The summed E-state index contributed by atoms with van der Waals surface area (Å²) in [6, 6.07) is 9.16. The van der Waals surface area contributed by atoms with E-state index in [2.05, 4.69) is 10.1 Å². The Balaban J connectivity index is 2.92. The molecular weight excluding hydrogens is 270 g/mol. The number of hydrogen-bond donors (Lipinski definition) is 1. The van der Waals surface area contributed by atoms with Crippen LogP contribution in [0.3, 0.4) is 0 Å². The van der Waals surface area contributed by atoms with E-state index in [9.17, 15) is 14.4 Å². The summed E-state index contributed by atoms with van der Waals surface area (Å²) in [6.07, 6.45) is 1.57. The number of Topliss-reactive ketones (excluding diaryl/α,β-unsaturated/α-hetero) is 1. The van der Waals surface area contributed by atoms with Crippen molar-refractivity contribution in [2.24, 2.45) is 5.92 Å². The number of carbonyl (C=O) groups excluding carboxylic acids is 3. The summed E-state index contributed by atoms with van der Waals surface area (Å²) in [7, 11) is 1.28. The van der Waals surface area contributed by atoms with Gasteiger partial charge in [0.15, 0.2) is 5.78 Å². The van der Waals surface area contributed by atoms with Gasteiger partial charge in [0.25, 0.3) is 0 Å². The lowest BCUT2D eigenvalue weighted by molar-refractivity contribution is -0.146. The molecule has 0 heterocycles. The van der Waals surface area contributed by atoms with Gasteiger partial charge in [0.05, 0.1) is 18.7 Å². The Morgan fingerprint density at radius 2 is 1.86 bits per heavy atom. The molecule has 0 bridgehead atoms. The minimum atomic E-state index is -0.560. The van der Waals surface area contributed by atoms with Crippen LogP contribution in [0, 0.1) is 5.92 Å². The van der Waals surface area contributed by atoms with Crippen LogP contribution in [0.25, 0.3) is 6.08 Å². The lowest BCUT2D eigenvalue weighted by Gasteiger charge is -2.11. The van der Waals surface area contributed by atoms with Crippen molar-refractivity contribution in [3.8, 4) is 0 Å². The minimum absolute atomic E-state index is 0.0222. The number of carbonyl (C=O) groups is 3. The zero-order chi connectivity index (χ0) is 15.8. The van der Waals surface area contributed by atoms with Crippen LogP contribution in [-0.2, 0) is 19.1 Å². The Morgan fingerprint density at radius 3 is 2.38 bits per heavy atom. The molecule has 0 radical (unpaired) electrons. The Kier molecular flexibility index (Phi) is 6.33. The number of amides is 1. The molecule has 0 aliphatic carbocycles. The van der Waals surface area contributed by atoms with E-state index in [1.165, 1.54) is 14.0 Å². The molecule has 0 aliphatic rings. The molecule has 0 spiro atoms. The lowest BCUT2D eigenvalue weighted by atomic mass is 10.0. The van der Waals surface area contributed by atoms with Crippen LogP contribution in [0.4, 0.5) is 0 Å². The van der Waals surface area contributed by atoms with Gasteiger partial charge in [-0.15, -0.1) is 0 Å². The minimum Gasteiger partial charge on any atom is -0.469 e. The highest BCUT2D eigenvalue weighted by molar-refractivity contribution is 6.03. The first-order chi connectivity index (χ1) is 9.93. The SMILES string of the molecule is COC(=O)C(C)CC(=O)C(=Cc1ccccc1)NC(C)=O. The summed E-state index contributed by atoms with van der Waals surface area (Å²) < 4.78 is 4.59. The van der Waals surface area contributed by atoms with Crippen molar-refractivity contribution in [3.63, 3.8) is 0 Å². The molecule has 0 saturated heterocycles. The molecule has 1 unspecified atom stereocenters. The van der Waals surface area contributed by atoms with Crippen LogP contribution in [0.15, 0.2) is 36.0 Å². The molecule has 21 heavy (non-hydrogen) atoms. The monoisotopic (exact) mass is 289 g/mol. The second kappa shape index (κ2) is 7.99. The van der Waals surface area contributed by atoms with Crippen LogP contribution in [-0.4, -0.2) is 24.8 Å². The van der Waals surface area contributed by atoms with Gasteiger partial charge in [-0.3, -0.25) is 14.4 Å². The number of ether oxygens (including phenoxy) is 1. The van der Waals surface area contributed by atoms with E-state index >= 15 is 0 Å². The van der Waals surface area contributed by atoms with Crippen molar-refractivity contribution in [1.82, 2.24) is 5.32 Å². The molecule has 0 fully saturated rings. The van der Waals surface area contributed by atoms with Gasteiger partial charge < -0.3 is 10.1 Å². The third-order valence-electron chi connectivity index (χ3n) is 2.82. The molecule has 0 aromatic heterocycles. The highest BCUT2D eigenvalue weighted by atomic mass is 16.5. The normalized spacial score (nSPS) is 12.4. The zero-order valence-electron chi connectivity index (χ0n) is 12.4. The Morgan fingerprint density at radius 1 is 1.24 bits per heavy atom. The number of hydrogen-bond acceptors (Lipinski definition) is 4. The predicted octanol–water partition coefficient (Wildman–Crippen LogP) is 1.93. The average molecular weight is 289 g/mol. The maximum Gasteiger partial charge on any atom is 0.308 e. The number of ketones is 1. The molecule has 1 rings (SSSR count). The second-order valence-electron chi connectivity index (χ2n) is 4.70. The van der Waals surface area contributed by atoms with E-state index in [1.54, 1.807) is 13.0 Å². The molecule has 0 saturated carbocycles. The fourth-order valence-corrected chi connectivity index (χ4v) is 1.76. The standard InChI is InChI=1S/C16H19NO4/c1-11(16(20)21-3)9-15(19)14(17-12(2)18)10-13-7-5-4-6-8-13/h4-8,10-11H,9H2,1-3H3,(H,17,18). The van der Waals surface area contributed by atoms with E-state index < -0.39 is 11.9 Å². The maximum atomic E-state index is 12.2. The molecule has 0 aliphatic heterocycles. The lowest BCUT2D eigenvalue weighted by Crippen LogP contribution is -2.27. The van der Waals surface area contributed by atoms with Crippen LogP contribution in [0.2, 0.25) is 0 Å². The van der Waals surface area contributed by atoms with E-state index in [4.69, 9.17) is 0 Å². The highest BCUT2D eigenvalue weighted by Crippen LogP contribution is 2.12. The average Bonchev–Trinajstić information content (AvgIpc) is 2.46. The third-order valence-corrected chi connectivity index (χ3v) is 2.82. The summed E-state index contributed by atoms with van der Waals surface area (Å²) in [5.41, 5.74) is 0.963. The molecule has 1 atom stereocenters. The number of allylic oxidation sites excluding steroid dienone is 1. The van der Waals surface area contributed by atoms with Crippen LogP contribution < -0.4 is 5.32 Å². The van der Waals surface area contributed by atoms with Crippen molar-refractivity contribution in [2.75, 3.05) is 7.11 Å². The summed E-state index contributed by atoms with van der Waals surface area (Å²) in [5, 5.41) is 2.51. The van der Waals surface area contributed by atoms with E-state index in [0.29, 0.717) is 0 Å². The van der Waals surface area contributed by atoms with Gasteiger partial charge in [0.1, 0.15) is 0 Å². The maximum absolute atomic E-state index is 12.2. The van der Waals surface area contributed by atoms with Crippen LogP contribution in [0.1, 0.15) is 25.8 Å². The molecule has 5 nitrogen and oxygen atoms in total. The van der Waals surface area contributed by atoms with Crippen molar-refractivity contribution in [3.05, 3.63) is 41.6 Å². The Labute approximate surface area is 124 Å². The molecule has 1 aromatic carbocycles. The van der Waals surface area contributed by atoms with Crippen molar-refractivity contribution >= 4 is 23.7 Å². The number of nitrogens with one attached hydrogen (secondary N) is 1. The van der Waals surface area contributed by atoms with Crippen molar-refractivity contribution < 1.29 is 19.1 Å². The second-order valence-corrected chi connectivity index (χ2v) is 4.70. The first-order valence-electron chi connectivity index (χ1n) is 6.59. The van der Waals surface area contributed by atoms with Crippen molar-refractivity contribution in [2.45, 2.75) is 20.3 Å². The molecule has 1 aromatic rings. The topological polar surface area (TPSA) is 72.5 Å². The van der Waals surface area contributed by atoms with E-state index in [1.807, 2.05) is 30.3 Å². The summed E-state index contributed by atoms with van der Waals surface area (Å²) in [4.78, 5) is 34.8. The molecule has 1 N–H and O–H groups in total. The van der Waals surface area contributed by atoms with Crippen molar-refractivity contribution in [1.29, 1.82) is 0 Å². The largest absolute Gasteiger partial charge is 0.469 e. The van der Waals surface area contributed by atoms with Crippen LogP contribution >= 0.6 is 0 Å². The van der Waals surface area contributed by atoms with Gasteiger partial charge in [0, 0.05) is 13.3 Å². The van der Waals surface area contributed by atoms with Crippen LogP contribution in [0.5, 0.6) is 0 Å². The number of benzene rings is 1.